The molecule has 0 aliphatic carbocycles. The molecule has 4 aromatic rings. The van der Waals surface area contributed by atoms with Crippen molar-refractivity contribution >= 4 is 16.9 Å². The highest BCUT2D eigenvalue weighted by Crippen LogP contribution is 2.37. The van der Waals surface area contributed by atoms with Gasteiger partial charge in [-0.3, -0.25) is 4.68 Å². The van der Waals surface area contributed by atoms with Crippen LogP contribution < -0.4 is 9.64 Å². The molecular formula is C22H22N6O. The van der Waals surface area contributed by atoms with E-state index in [1.54, 1.807) is 13.4 Å². The van der Waals surface area contributed by atoms with Gasteiger partial charge in [-0.1, -0.05) is 30.3 Å². The van der Waals surface area contributed by atoms with E-state index in [1.807, 2.05) is 42.2 Å². The third kappa shape index (κ3) is 3.08. The molecule has 0 bridgehead atoms. The van der Waals surface area contributed by atoms with Crippen molar-refractivity contribution in [1.82, 2.24) is 24.7 Å². The normalized spacial score (nSPS) is 13.9. The lowest BCUT2D eigenvalue weighted by atomic mass is 10.0. The average Bonchev–Trinajstić information content (AvgIpc) is 3.43. The highest BCUT2D eigenvalue weighted by molar-refractivity contribution is 5.94. The second-order valence-corrected chi connectivity index (χ2v) is 7.23. The number of benzene rings is 1. The fraction of sp³-hybridized carbons (Fsp3) is 0.273. The standard InChI is InChI=1S/C22H22N6O/c1-27-13-16(19(26-27)15-8-4-3-5-9-15)20-21-17(23-14-24-20)12-18(29-2)22(25-21)28-10-6-7-11-28/h3-5,8-9,12-14H,6-7,10-11H2,1-2H3. The molecule has 0 atom stereocenters. The first kappa shape index (κ1) is 17.6. The minimum Gasteiger partial charge on any atom is -0.493 e. The summed E-state index contributed by atoms with van der Waals surface area (Å²) in [6, 6.07) is 12.1. The van der Waals surface area contributed by atoms with Crippen molar-refractivity contribution in [2.75, 3.05) is 25.1 Å². The fourth-order valence-corrected chi connectivity index (χ4v) is 3.93. The number of ether oxygens (including phenoxy) is 1. The molecule has 0 radical (unpaired) electrons. The van der Waals surface area contributed by atoms with Gasteiger partial charge in [-0.15, -0.1) is 0 Å². The molecule has 1 fully saturated rings. The van der Waals surface area contributed by atoms with Gasteiger partial charge in [0.25, 0.3) is 0 Å². The van der Waals surface area contributed by atoms with Crippen LogP contribution in [0.5, 0.6) is 5.75 Å². The van der Waals surface area contributed by atoms with Crippen LogP contribution in [0.15, 0.2) is 48.9 Å². The van der Waals surface area contributed by atoms with Crippen LogP contribution in [0.2, 0.25) is 0 Å². The van der Waals surface area contributed by atoms with Crippen molar-refractivity contribution in [2.24, 2.45) is 7.05 Å². The first-order chi connectivity index (χ1) is 14.2. The van der Waals surface area contributed by atoms with Crippen molar-refractivity contribution in [3.05, 3.63) is 48.9 Å². The Morgan fingerprint density at radius 2 is 1.79 bits per heavy atom. The third-order valence-corrected chi connectivity index (χ3v) is 5.31. The fourth-order valence-electron chi connectivity index (χ4n) is 3.93. The third-order valence-electron chi connectivity index (χ3n) is 5.31. The van der Waals surface area contributed by atoms with E-state index in [1.165, 1.54) is 12.8 Å². The largest absolute Gasteiger partial charge is 0.493 e. The SMILES string of the molecule is COc1cc2ncnc(-c3cn(C)nc3-c3ccccc3)c2nc1N1CCCC1. The van der Waals surface area contributed by atoms with Crippen LogP contribution in [-0.2, 0) is 7.05 Å². The minimum atomic E-state index is 0.749. The van der Waals surface area contributed by atoms with E-state index >= 15 is 0 Å². The molecule has 0 saturated carbocycles. The maximum atomic E-state index is 5.63. The number of anilines is 1. The maximum Gasteiger partial charge on any atom is 0.172 e. The summed E-state index contributed by atoms with van der Waals surface area (Å²) < 4.78 is 7.44. The number of fused-ring (bicyclic) bond motifs is 1. The first-order valence-electron chi connectivity index (χ1n) is 9.78. The number of pyridine rings is 1. The molecule has 4 heterocycles. The highest BCUT2D eigenvalue weighted by atomic mass is 16.5. The van der Waals surface area contributed by atoms with Gasteiger partial charge in [0, 0.05) is 43.5 Å². The minimum absolute atomic E-state index is 0.749. The molecule has 0 N–H and O–H groups in total. The predicted molar refractivity (Wildman–Crippen MR) is 113 cm³/mol. The lowest BCUT2D eigenvalue weighted by molar-refractivity contribution is 0.413. The van der Waals surface area contributed by atoms with E-state index in [2.05, 4.69) is 27.0 Å². The number of aryl methyl sites for hydroxylation is 1. The van der Waals surface area contributed by atoms with Crippen LogP contribution in [0.3, 0.4) is 0 Å². The number of nitrogens with zero attached hydrogens (tertiary/aromatic N) is 6. The summed E-state index contributed by atoms with van der Waals surface area (Å²) >= 11 is 0. The Bertz CT molecular complexity index is 1160. The van der Waals surface area contributed by atoms with Gasteiger partial charge in [0.2, 0.25) is 0 Å². The van der Waals surface area contributed by atoms with E-state index in [0.29, 0.717) is 0 Å². The molecule has 29 heavy (non-hydrogen) atoms. The summed E-state index contributed by atoms with van der Waals surface area (Å²) in [5, 5.41) is 4.69. The van der Waals surface area contributed by atoms with Crippen molar-refractivity contribution < 1.29 is 4.74 Å². The topological polar surface area (TPSA) is 69.0 Å². The summed E-state index contributed by atoms with van der Waals surface area (Å²) in [6.45, 7) is 1.97. The zero-order chi connectivity index (χ0) is 19.8. The van der Waals surface area contributed by atoms with Crippen molar-refractivity contribution in [2.45, 2.75) is 12.8 Å². The zero-order valence-electron chi connectivity index (χ0n) is 16.5. The van der Waals surface area contributed by atoms with Crippen LogP contribution >= 0.6 is 0 Å². The van der Waals surface area contributed by atoms with E-state index in [4.69, 9.17) is 14.8 Å². The van der Waals surface area contributed by atoms with Crippen LogP contribution in [0.25, 0.3) is 33.5 Å². The molecule has 1 aromatic carbocycles. The first-order valence-corrected chi connectivity index (χ1v) is 9.78. The molecule has 0 unspecified atom stereocenters. The molecule has 1 aliphatic rings. The summed E-state index contributed by atoms with van der Waals surface area (Å²) in [5.74, 6) is 1.61. The molecule has 3 aromatic heterocycles. The number of hydrogen-bond acceptors (Lipinski definition) is 6. The van der Waals surface area contributed by atoms with Crippen molar-refractivity contribution in [1.29, 1.82) is 0 Å². The number of aromatic nitrogens is 5. The van der Waals surface area contributed by atoms with Gasteiger partial charge in [-0.05, 0) is 12.8 Å². The van der Waals surface area contributed by atoms with E-state index in [-0.39, 0.29) is 0 Å². The maximum absolute atomic E-state index is 5.63. The molecule has 1 saturated heterocycles. The summed E-state index contributed by atoms with van der Waals surface area (Å²) in [5.41, 5.74) is 5.18. The number of hydrogen-bond donors (Lipinski definition) is 0. The van der Waals surface area contributed by atoms with Crippen molar-refractivity contribution in [3.63, 3.8) is 0 Å². The van der Waals surface area contributed by atoms with Gasteiger partial charge in [-0.2, -0.15) is 5.10 Å². The van der Waals surface area contributed by atoms with Crippen molar-refractivity contribution in [3.8, 4) is 28.3 Å². The van der Waals surface area contributed by atoms with Gasteiger partial charge in [0.05, 0.1) is 12.6 Å². The van der Waals surface area contributed by atoms with E-state index in [0.717, 1.165) is 58.2 Å². The van der Waals surface area contributed by atoms with Gasteiger partial charge in [0.1, 0.15) is 23.2 Å². The summed E-state index contributed by atoms with van der Waals surface area (Å²) in [7, 11) is 3.60. The molecule has 7 nitrogen and oxygen atoms in total. The molecule has 0 spiro atoms. The van der Waals surface area contributed by atoms with Crippen LogP contribution in [0, 0.1) is 0 Å². The second kappa shape index (κ2) is 7.16. The predicted octanol–water partition coefficient (Wildman–Crippen LogP) is 3.70. The van der Waals surface area contributed by atoms with Gasteiger partial charge >= 0.3 is 0 Å². The quantitative estimate of drug-likeness (QED) is 0.533. The highest BCUT2D eigenvalue weighted by Gasteiger charge is 2.22. The Labute approximate surface area is 169 Å². The van der Waals surface area contributed by atoms with Crippen LogP contribution in [-0.4, -0.2) is 44.9 Å². The van der Waals surface area contributed by atoms with E-state index in [9.17, 15) is 0 Å². The smallest absolute Gasteiger partial charge is 0.172 e. The Morgan fingerprint density at radius 3 is 2.55 bits per heavy atom. The lowest BCUT2D eigenvalue weighted by Gasteiger charge is -2.20. The number of methoxy groups -OCH3 is 1. The average molecular weight is 386 g/mol. The summed E-state index contributed by atoms with van der Waals surface area (Å²) in [6.07, 6.45) is 5.91. The van der Waals surface area contributed by atoms with Gasteiger partial charge in [-0.25, -0.2) is 15.0 Å². The molecule has 7 heteroatoms. The Hall–Kier alpha value is -3.48. The molecule has 1 aliphatic heterocycles. The molecule has 5 rings (SSSR count). The number of rotatable bonds is 4. The second-order valence-electron chi connectivity index (χ2n) is 7.23. The monoisotopic (exact) mass is 386 g/mol. The molecular weight excluding hydrogens is 364 g/mol. The molecule has 0 amide bonds. The van der Waals surface area contributed by atoms with Gasteiger partial charge in [0.15, 0.2) is 11.6 Å². The summed E-state index contributed by atoms with van der Waals surface area (Å²) in [4.78, 5) is 16.3. The zero-order valence-corrected chi connectivity index (χ0v) is 16.5. The van der Waals surface area contributed by atoms with Gasteiger partial charge < -0.3 is 9.64 Å². The Morgan fingerprint density at radius 1 is 1.00 bits per heavy atom. The Kier molecular flexibility index (Phi) is 4.35. The molecule has 146 valence electrons. The lowest BCUT2D eigenvalue weighted by Crippen LogP contribution is -2.20. The van der Waals surface area contributed by atoms with Crippen LogP contribution in [0.4, 0.5) is 5.82 Å². The van der Waals surface area contributed by atoms with Crippen LogP contribution in [0.1, 0.15) is 12.8 Å². The van der Waals surface area contributed by atoms with E-state index < -0.39 is 0 Å². The Balaban J connectivity index is 1.73.